The van der Waals surface area contributed by atoms with E-state index in [9.17, 15) is 0 Å². The smallest absolute Gasteiger partial charge is 0.0600 e. The second kappa shape index (κ2) is 6.38. The van der Waals surface area contributed by atoms with Crippen LogP contribution in [-0.4, -0.2) is 25.3 Å². The third kappa shape index (κ3) is 3.42. The fourth-order valence-corrected chi connectivity index (χ4v) is 1.76. The molecule has 1 aromatic rings. The second-order valence-corrected chi connectivity index (χ2v) is 4.21. The third-order valence-corrected chi connectivity index (χ3v) is 2.86. The quantitative estimate of drug-likeness (QED) is 0.573. The number of aliphatic hydroxyl groups is 1. The van der Waals surface area contributed by atoms with E-state index in [2.05, 4.69) is 11.9 Å². The Morgan fingerprint density at radius 1 is 1.25 bits per heavy atom. The Morgan fingerprint density at radius 2 is 2.00 bits per heavy atom. The number of benzene rings is 1. The molecule has 0 radical (unpaired) electrons. The maximum absolute atomic E-state index is 8.70. The number of hydrogen-bond acceptors (Lipinski definition) is 3. The average Bonchev–Trinajstić information content (AvgIpc) is 2.28. The first kappa shape index (κ1) is 12.8. The van der Waals surface area contributed by atoms with E-state index < -0.39 is 0 Å². The lowest BCUT2D eigenvalue weighted by atomic mass is 10.1. The predicted molar refractivity (Wildman–Crippen MR) is 69.8 cm³/mol. The summed E-state index contributed by atoms with van der Waals surface area (Å²) in [4.78, 5) is 2.18. The van der Waals surface area contributed by atoms with Gasteiger partial charge in [0.05, 0.1) is 11.4 Å². The topological polar surface area (TPSA) is 49.5 Å². The van der Waals surface area contributed by atoms with Gasteiger partial charge < -0.3 is 15.7 Å². The Hall–Kier alpha value is -1.22. The minimum absolute atomic E-state index is 0.288. The number of unbranched alkanes of at least 4 members (excludes halogenated alkanes) is 2. The van der Waals surface area contributed by atoms with Crippen molar-refractivity contribution in [1.82, 2.24) is 0 Å². The number of nitrogen functional groups attached to an aromatic ring is 1. The van der Waals surface area contributed by atoms with E-state index in [1.165, 1.54) is 0 Å². The van der Waals surface area contributed by atoms with Gasteiger partial charge in [0.1, 0.15) is 0 Å². The van der Waals surface area contributed by atoms with Crippen LogP contribution in [0.4, 0.5) is 11.4 Å². The lowest BCUT2D eigenvalue weighted by Crippen LogP contribution is -2.20. The van der Waals surface area contributed by atoms with Crippen molar-refractivity contribution in [3.8, 4) is 0 Å². The van der Waals surface area contributed by atoms with E-state index in [1.54, 1.807) is 0 Å². The molecule has 3 N–H and O–H groups in total. The molecule has 0 spiro atoms. The maximum Gasteiger partial charge on any atom is 0.0600 e. The zero-order chi connectivity index (χ0) is 12.0. The summed E-state index contributed by atoms with van der Waals surface area (Å²) < 4.78 is 0. The number of anilines is 2. The van der Waals surface area contributed by atoms with Gasteiger partial charge in [-0.1, -0.05) is 12.1 Å². The molecule has 1 aromatic carbocycles. The SMILES string of the molecule is Cc1cccc(N(C)CCCCCO)c1N. The molecule has 0 fully saturated rings. The van der Waals surface area contributed by atoms with Crippen LogP contribution in [-0.2, 0) is 0 Å². The minimum Gasteiger partial charge on any atom is -0.397 e. The summed E-state index contributed by atoms with van der Waals surface area (Å²) in [6, 6.07) is 6.11. The summed E-state index contributed by atoms with van der Waals surface area (Å²) in [6.07, 6.45) is 3.04. The average molecular weight is 222 g/mol. The van der Waals surface area contributed by atoms with Crippen LogP contribution in [0.5, 0.6) is 0 Å². The molecule has 90 valence electrons. The first-order valence-electron chi connectivity index (χ1n) is 5.84. The van der Waals surface area contributed by atoms with Crippen molar-refractivity contribution in [1.29, 1.82) is 0 Å². The summed E-state index contributed by atoms with van der Waals surface area (Å²) >= 11 is 0. The Morgan fingerprint density at radius 3 is 2.69 bits per heavy atom. The van der Waals surface area contributed by atoms with E-state index in [0.29, 0.717) is 0 Å². The number of nitrogens with two attached hydrogens (primary N) is 1. The Balaban J connectivity index is 2.52. The molecule has 0 aliphatic carbocycles. The van der Waals surface area contributed by atoms with Crippen molar-refractivity contribution >= 4 is 11.4 Å². The number of hydrogen-bond donors (Lipinski definition) is 2. The van der Waals surface area contributed by atoms with Crippen LogP contribution in [0, 0.1) is 6.92 Å². The van der Waals surface area contributed by atoms with Crippen molar-refractivity contribution < 1.29 is 5.11 Å². The van der Waals surface area contributed by atoms with Crippen molar-refractivity contribution in [3.63, 3.8) is 0 Å². The fraction of sp³-hybridized carbons (Fsp3) is 0.538. The molecule has 0 saturated heterocycles. The van der Waals surface area contributed by atoms with E-state index in [0.717, 1.165) is 42.7 Å². The largest absolute Gasteiger partial charge is 0.397 e. The maximum atomic E-state index is 8.70. The van der Waals surface area contributed by atoms with Crippen molar-refractivity contribution in [2.45, 2.75) is 26.2 Å². The van der Waals surface area contributed by atoms with Crippen molar-refractivity contribution in [3.05, 3.63) is 23.8 Å². The zero-order valence-corrected chi connectivity index (χ0v) is 10.2. The van der Waals surface area contributed by atoms with Crippen LogP contribution in [0.1, 0.15) is 24.8 Å². The summed E-state index contributed by atoms with van der Waals surface area (Å²) in [6.45, 7) is 3.29. The van der Waals surface area contributed by atoms with Crippen LogP contribution >= 0.6 is 0 Å². The molecular formula is C13H22N2O. The van der Waals surface area contributed by atoms with Gasteiger partial charge in [-0.05, 0) is 37.8 Å². The molecule has 0 unspecified atom stereocenters. The molecule has 1 rings (SSSR count). The van der Waals surface area contributed by atoms with Gasteiger partial charge in [0, 0.05) is 20.2 Å². The second-order valence-electron chi connectivity index (χ2n) is 4.21. The molecule has 0 heterocycles. The molecule has 0 bridgehead atoms. The fourth-order valence-electron chi connectivity index (χ4n) is 1.76. The normalized spacial score (nSPS) is 10.4. The van der Waals surface area contributed by atoms with Crippen LogP contribution in [0.25, 0.3) is 0 Å². The van der Waals surface area contributed by atoms with Gasteiger partial charge in [-0.2, -0.15) is 0 Å². The first-order valence-corrected chi connectivity index (χ1v) is 5.84. The van der Waals surface area contributed by atoms with Crippen LogP contribution in [0.2, 0.25) is 0 Å². The van der Waals surface area contributed by atoms with Crippen molar-refractivity contribution in [2.24, 2.45) is 0 Å². The van der Waals surface area contributed by atoms with Crippen LogP contribution in [0.3, 0.4) is 0 Å². The highest BCUT2D eigenvalue weighted by atomic mass is 16.2. The molecule has 3 nitrogen and oxygen atoms in total. The molecule has 0 aromatic heterocycles. The van der Waals surface area contributed by atoms with E-state index in [1.807, 2.05) is 25.1 Å². The van der Waals surface area contributed by atoms with Gasteiger partial charge in [0.15, 0.2) is 0 Å². The highest BCUT2D eigenvalue weighted by molar-refractivity contribution is 5.70. The third-order valence-electron chi connectivity index (χ3n) is 2.86. The molecule has 0 amide bonds. The summed E-state index contributed by atoms with van der Waals surface area (Å²) in [7, 11) is 2.06. The van der Waals surface area contributed by atoms with Gasteiger partial charge in [0.25, 0.3) is 0 Å². The Kier molecular flexibility index (Phi) is 5.12. The van der Waals surface area contributed by atoms with E-state index in [4.69, 9.17) is 10.8 Å². The summed E-state index contributed by atoms with van der Waals surface area (Å²) in [5, 5.41) is 8.70. The highest BCUT2D eigenvalue weighted by Gasteiger charge is 2.05. The van der Waals surface area contributed by atoms with Crippen LogP contribution in [0.15, 0.2) is 18.2 Å². The predicted octanol–water partition coefficient (Wildman–Crippen LogP) is 2.18. The van der Waals surface area contributed by atoms with E-state index >= 15 is 0 Å². The van der Waals surface area contributed by atoms with Gasteiger partial charge in [-0.3, -0.25) is 0 Å². The number of para-hydroxylation sites is 1. The van der Waals surface area contributed by atoms with Gasteiger partial charge in [-0.15, -0.1) is 0 Å². The lowest BCUT2D eigenvalue weighted by molar-refractivity contribution is 0.283. The van der Waals surface area contributed by atoms with Gasteiger partial charge in [0.2, 0.25) is 0 Å². The molecule has 0 atom stereocenters. The van der Waals surface area contributed by atoms with E-state index in [-0.39, 0.29) is 6.61 Å². The molecular weight excluding hydrogens is 200 g/mol. The van der Waals surface area contributed by atoms with Gasteiger partial charge >= 0.3 is 0 Å². The summed E-state index contributed by atoms with van der Waals surface area (Å²) in [5.74, 6) is 0. The molecule has 0 aliphatic heterocycles. The molecule has 16 heavy (non-hydrogen) atoms. The molecule has 0 saturated carbocycles. The first-order chi connectivity index (χ1) is 7.66. The Bertz CT molecular complexity index is 326. The number of rotatable bonds is 6. The molecule has 0 aliphatic rings. The van der Waals surface area contributed by atoms with Crippen molar-refractivity contribution in [2.75, 3.05) is 30.8 Å². The summed E-state index contributed by atoms with van der Waals surface area (Å²) in [5.41, 5.74) is 9.13. The zero-order valence-electron chi connectivity index (χ0n) is 10.2. The highest BCUT2D eigenvalue weighted by Crippen LogP contribution is 2.25. The number of aliphatic hydroxyl groups excluding tert-OH is 1. The number of aryl methyl sites for hydroxylation is 1. The van der Waals surface area contributed by atoms with Gasteiger partial charge in [-0.25, -0.2) is 0 Å². The number of nitrogens with zero attached hydrogens (tertiary/aromatic N) is 1. The van der Waals surface area contributed by atoms with Crippen LogP contribution < -0.4 is 10.6 Å². The Labute approximate surface area is 97.9 Å². The monoisotopic (exact) mass is 222 g/mol. The standard InChI is InChI=1S/C13H22N2O/c1-11-7-6-8-12(13(11)14)15(2)9-4-3-5-10-16/h6-8,16H,3-5,9-10,14H2,1-2H3. The lowest BCUT2D eigenvalue weighted by Gasteiger charge is -2.21. The minimum atomic E-state index is 0.288. The molecule has 3 heteroatoms.